The number of rotatable bonds is 8. The van der Waals surface area contributed by atoms with Crippen molar-refractivity contribution in [2.75, 3.05) is 12.4 Å². The second-order valence-corrected chi connectivity index (χ2v) is 4.45. The van der Waals surface area contributed by atoms with Gasteiger partial charge < -0.3 is 5.32 Å². The molecule has 0 aromatic rings. The van der Waals surface area contributed by atoms with Gasteiger partial charge in [0, 0.05) is 11.4 Å². The molecule has 0 spiro atoms. The molecule has 0 atom stereocenters. The molecule has 0 aromatic carbocycles. The van der Waals surface area contributed by atoms with E-state index in [0.29, 0.717) is 0 Å². The summed E-state index contributed by atoms with van der Waals surface area (Å²) in [4.78, 5) is 0. The first-order chi connectivity index (χ1) is 6.67. The van der Waals surface area contributed by atoms with Gasteiger partial charge in [0.05, 0.1) is 0 Å². The van der Waals surface area contributed by atoms with E-state index in [2.05, 4.69) is 33.0 Å². The van der Waals surface area contributed by atoms with Gasteiger partial charge in [0.15, 0.2) is 0 Å². The number of nitrogens with one attached hydrogen (secondary N) is 1. The molecule has 1 N–H and O–H groups in total. The van der Waals surface area contributed by atoms with Crippen molar-refractivity contribution < 1.29 is 0 Å². The minimum Gasteiger partial charge on any atom is -0.310 e. The zero-order chi connectivity index (χ0) is 11.0. The molecule has 14 heavy (non-hydrogen) atoms. The maximum Gasteiger partial charge on any atom is 0.0405 e. The van der Waals surface area contributed by atoms with Crippen LogP contribution in [0.5, 0.6) is 0 Å². The highest BCUT2D eigenvalue weighted by Crippen LogP contribution is 2.18. The average molecular weight is 220 g/mol. The standard InChI is InChI=1S/C12H26ClN/c1-5-11(6-2)9-14-12(7-3,8-4)10-13/h11,14H,5-10H2,1-4H3. The molecule has 0 unspecified atom stereocenters. The second-order valence-electron chi connectivity index (χ2n) is 4.18. The predicted octanol–water partition coefficient (Wildman–Crippen LogP) is 3.81. The molecule has 0 aliphatic carbocycles. The summed E-state index contributed by atoms with van der Waals surface area (Å²) in [6.45, 7) is 10.1. The minimum absolute atomic E-state index is 0.171. The van der Waals surface area contributed by atoms with E-state index in [1.807, 2.05) is 0 Å². The van der Waals surface area contributed by atoms with E-state index in [4.69, 9.17) is 11.6 Å². The van der Waals surface area contributed by atoms with Crippen molar-refractivity contribution >= 4 is 11.6 Å². The fourth-order valence-corrected chi connectivity index (χ4v) is 2.15. The SMILES string of the molecule is CCC(CC)CNC(CC)(CC)CCl. The first kappa shape index (κ1) is 14.2. The molecule has 0 radical (unpaired) electrons. The highest BCUT2D eigenvalue weighted by atomic mass is 35.5. The van der Waals surface area contributed by atoms with Gasteiger partial charge in [-0.15, -0.1) is 11.6 Å². The number of halogens is 1. The van der Waals surface area contributed by atoms with Crippen molar-refractivity contribution in [1.82, 2.24) is 5.32 Å². The topological polar surface area (TPSA) is 12.0 Å². The molecule has 0 amide bonds. The van der Waals surface area contributed by atoms with Crippen molar-refractivity contribution in [3.8, 4) is 0 Å². The second kappa shape index (κ2) is 7.53. The van der Waals surface area contributed by atoms with Crippen LogP contribution >= 0.6 is 11.6 Å². The van der Waals surface area contributed by atoms with E-state index in [0.717, 1.165) is 31.2 Å². The van der Waals surface area contributed by atoms with E-state index in [9.17, 15) is 0 Å². The van der Waals surface area contributed by atoms with E-state index >= 15 is 0 Å². The Morgan fingerprint density at radius 2 is 1.57 bits per heavy atom. The van der Waals surface area contributed by atoms with Gasteiger partial charge in [-0.2, -0.15) is 0 Å². The molecular formula is C12H26ClN. The lowest BCUT2D eigenvalue weighted by molar-refractivity contribution is 0.301. The van der Waals surface area contributed by atoms with Crippen LogP contribution in [0.4, 0.5) is 0 Å². The molecule has 0 aliphatic heterocycles. The lowest BCUT2D eigenvalue weighted by Gasteiger charge is -2.32. The fourth-order valence-electron chi connectivity index (χ4n) is 1.67. The summed E-state index contributed by atoms with van der Waals surface area (Å²) in [5.41, 5.74) is 0.171. The third-order valence-electron chi connectivity index (χ3n) is 3.53. The molecule has 2 heteroatoms. The molecule has 0 bridgehead atoms. The van der Waals surface area contributed by atoms with Gasteiger partial charge in [0.25, 0.3) is 0 Å². The first-order valence-corrected chi connectivity index (χ1v) is 6.52. The molecule has 0 aliphatic rings. The predicted molar refractivity (Wildman–Crippen MR) is 66.1 cm³/mol. The quantitative estimate of drug-likeness (QED) is 0.613. The Morgan fingerprint density at radius 3 is 1.86 bits per heavy atom. The Labute approximate surface area is 94.6 Å². The van der Waals surface area contributed by atoms with Crippen molar-refractivity contribution in [1.29, 1.82) is 0 Å². The Morgan fingerprint density at radius 1 is 1.07 bits per heavy atom. The van der Waals surface area contributed by atoms with Gasteiger partial charge in [-0.3, -0.25) is 0 Å². The molecule has 0 aromatic heterocycles. The maximum atomic E-state index is 6.03. The van der Waals surface area contributed by atoms with Crippen molar-refractivity contribution in [3.63, 3.8) is 0 Å². The van der Waals surface area contributed by atoms with Gasteiger partial charge in [-0.25, -0.2) is 0 Å². The van der Waals surface area contributed by atoms with Crippen LogP contribution in [0, 0.1) is 5.92 Å². The van der Waals surface area contributed by atoms with Crippen LogP contribution in [0.25, 0.3) is 0 Å². The van der Waals surface area contributed by atoms with Gasteiger partial charge in [0.1, 0.15) is 0 Å². The van der Waals surface area contributed by atoms with Crippen LogP contribution in [0.15, 0.2) is 0 Å². The van der Waals surface area contributed by atoms with Crippen molar-refractivity contribution in [2.24, 2.45) is 5.92 Å². The van der Waals surface area contributed by atoms with Gasteiger partial charge >= 0.3 is 0 Å². The van der Waals surface area contributed by atoms with E-state index in [-0.39, 0.29) is 5.54 Å². The largest absolute Gasteiger partial charge is 0.310 e. The zero-order valence-corrected chi connectivity index (χ0v) is 11.0. The third kappa shape index (κ3) is 4.18. The summed E-state index contributed by atoms with van der Waals surface area (Å²) in [6, 6.07) is 0. The van der Waals surface area contributed by atoms with E-state index in [1.54, 1.807) is 0 Å². The summed E-state index contributed by atoms with van der Waals surface area (Å²) in [5.74, 6) is 1.52. The third-order valence-corrected chi connectivity index (χ3v) is 4.04. The maximum absolute atomic E-state index is 6.03. The number of hydrogen-bond donors (Lipinski definition) is 1. The Balaban J connectivity index is 4.04. The highest BCUT2D eigenvalue weighted by molar-refractivity contribution is 6.18. The van der Waals surface area contributed by atoms with E-state index in [1.165, 1.54) is 12.8 Å². The minimum atomic E-state index is 0.171. The van der Waals surface area contributed by atoms with Crippen LogP contribution < -0.4 is 5.32 Å². The van der Waals surface area contributed by atoms with Crippen molar-refractivity contribution in [2.45, 2.75) is 58.9 Å². The van der Waals surface area contributed by atoms with Crippen LogP contribution in [-0.4, -0.2) is 18.0 Å². The summed E-state index contributed by atoms with van der Waals surface area (Å²) in [7, 11) is 0. The summed E-state index contributed by atoms with van der Waals surface area (Å²) in [6.07, 6.45) is 4.75. The average Bonchev–Trinajstić information content (AvgIpc) is 2.26. The summed E-state index contributed by atoms with van der Waals surface area (Å²) >= 11 is 6.03. The lowest BCUT2D eigenvalue weighted by Crippen LogP contribution is -2.47. The van der Waals surface area contributed by atoms with Gasteiger partial charge in [0.2, 0.25) is 0 Å². The molecule has 0 saturated heterocycles. The monoisotopic (exact) mass is 219 g/mol. The van der Waals surface area contributed by atoms with Crippen LogP contribution in [-0.2, 0) is 0 Å². The van der Waals surface area contributed by atoms with Crippen LogP contribution in [0.3, 0.4) is 0 Å². The summed E-state index contributed by atoms with van der Waals surface area (Å²) < 4.78 is 0. The Bertz CT molecular complexity index is 120. The van der Waals surface area contributed by atoms with Crippen LogP contribution in [0.2, 0.25) is 0 Å². The lowest BCUT2D eigenvalue weighted by atomic mass is 9.93. The first-order valence-electron chi connectivity index (χ1n) is 5.98. The summed E-state index contributed by atoms with van der Waals surface area (Å²) in [5, 5.41) is 3.65. The molecule has 0 rings (SSSR count). The molecular weight excluding hydrogens is 194 g/mol. The van der Waals surface area contributed by atoms with E-state index < -0.39 is 0 Å². The Hall–Kier alpha value is 0.250. The molecule has 0 heterocycles. The van der Waals surface area contributed by atoms with Crippen LogP contribution in [0.1, 0.15) is 53.4 Å². The van der Waals surface area contributed by atoms with Gasteiger partial charge in [-0.05, 0) is 25.3 Å². The number of hydrogen-bond acceptors (Lipinski definition) is 1. The smallest absolute Gasteiger partial charge is 0.0405 e. The Kier molecular flexibility index (Phi) is 7.66. The fraction of sp³-hybridized carbons (Fsp3) is 1.00. The van der Waals surface area contributed by atoms with Gasteiger partial charge in [-0.1, -0.05) is 40.5 Å². The highest BCUT2D eigenvalue weighted by Gasteiger charge is 2.24. The molecule has 0 fully saturated rings. The normalized spacial score (nSPS) is 12.4. The molecule has 1 nitrogen and oxygen atoms in total. The molecule has 0 saturated carbocycles. The zero-order valence-electron chi connectivity index (χ0n) is 10.2. The van der Waals surface area contributed by atoms with Crippen molar-refractivity contribution in [3.05, 3.63) is 0 Å². The number of alkyl halides is 1. The molecule has 86 valence electrons.